The number of hydrogen-bond donors (Lipinski definition) is 1. The number of allylic oxidation sites excluding steroid dienone is 2. The molecule has 1 aliphatic rings. The predicted molar refractivity (Wildman–Crippen MR) is 113 cm³/mol. The highest BCUT2D eigenvalue weighted by Crippen LogP contribution is 2.47. The van der Waals surface area contributed by atoms with E-state index in [0.717, 1.165) is 49.8 Å². The SMILES string of the molecule is CCCCCC(=O)CCC1(C)C(=S)C[C@@H](O)C1C/C=C\CCCC(=O)OC. The minimum absolute atomic E-state index is 0.0605. The van der Waals surface area contributed by atoms with E-state index < -0.39 is 6.10 Å². The minimum atomic E-state index is -0.433. The van der Waals surface area contributed by atoms with Crippen LogP contribution in [0.5, 0.6) is 0 Å². The number of methoxy groups -OCH3 is 1. The van der Waals surface area contributed by atoms with Crippen LogP contribution >= 0.6 is 12.2 Å². The molecule has 0 amide bonds. The summed E-state index contributed by atoms with van der Waals surface area (Å²) in [5, 5.41) is 10.5. The standard InChI is InChI=1S/C22H36O4S/c1-4-5-8-11-17(23)14-15-22(2)18(19(24)16-20(22)27)12-9-6-7-10-13-21(25)26-3/h6,9,18-19,24H,4-5,7-8,10-16H2,1-3H3/b9-6-/t18?,19-,22?/m1/s1. The zero-order chi connectivity index (χ0) is 20.3. The molecule has 0 radical (unpaired) electrons. The highest BCUT2D eigenvalue weighted by Gasteiger charge is 2.47. The van der Waals surface area contributed by atoms with Crippen molar-refractivity contribution in [1.29, 1.82) is 0 Å². The Balaban J connectivity index is 2.51. The number of esters is 1. The van der Waals surface area contributed by atoms with Gasteiger partial charge in [0.2, 0.25) is 0 Å². The van der Waals surface area contributed by atoms with E-state index in [2.05, 4.69) is 30.7 Å². The lowest BCUT2D eigenvalue weighted by Gasteiger charge is -2.32. The molecule has 0 aromatic carbocycles. The maximum atomic E-state index is 12.2. The molecule has 0 spiro atoms. The minimum Gasteiger partial charge on any atom is -0.469 e. The van der Waals surface area contributed by atoms with E-state index in [1.807, 2.05) is 0 Å². The molecular formula is C22H36O4S. The fraction of sp³-hybridized carbons (Fsp3) is 0.773. The molecule has 1 aliphatic carbocycles. The maximum Gasteiger partial charge on any atom is 0.305 e. The molecule has 0 aromatic rings. The van der Waals surface area contributed by atoms with Gasteiger partial charge in [-0.3, -0.25) is 9.59 Å². The first-order valence-electron chi connectivity index (χ1n) is 10.3. The Labute approximate surface area is 169 Å². The van der Waals surface area contributed by atoms with Crippen LogP contribution in [-0.2, 0) is 14.3 Å². The van der Waals surface area contributed by atoms with Gasteiger partial charge in [0.15, 0.2) is 0 Å². The number of Topliss-reactive ketones (excluding diaryl/α,β-unsaturated/α-hetero) is 1. The molecule has 0 bridgehead atoms. The first kappa shape index (κ1) is 24.0. The van der Waals surface area contributed by atoms with Crippen LogP contribution < -0.4 is 0 Å². The molecule has 2 unspecified atom stereocenters. The Morgan fingerprint density at radius 2 is 1.96 bits per heavy atom. The van der Waals surface area contributed by atoms with Crippen LogP contribution in [0.3, 0.4) is 0 Å². The molecule has 154 valence electrons. The molecule has 5 heteroatoms. The van der Waals surface area contributed by atoms with Crippen LogP contribution in [0.25, 0.3) is 0 Å². The normalized spacial score (nSPS) is 25.3. The number of carbonyl (C=O) groups is 2. The quantitative estimate of drug-likeness (QED) is 0.206. The van der Waals surface area contributed by atoms with Crippen molar-refractivity contribution >= 4 is 28.8 Å². The second-order valence-corrected chi connectivity index (χ2v) is 8.38. The maximum absolute atomic E-state index is 12.2. The predicted octanol–water partition coefficient (Wildman–Crippen LogP) is 4.96. The number of unbranched alkanes of at least 4 members (excludes halogenated alkanes) is 3. The Kier molecular flexibility index (Phi) is 11.0. The lowest BCUT2D eigenvalue weighted by Crippen LogP contribution is -2.31. The van der Waals surface area contributed by atoms with Crippen molar-refractivity contribution in [1.82, 2.24) is 0 Å². The van der Waals surface area contributed by atoms with Crippen LogP contribution in [0, 0.1) is 11.3 Å². The van der Waals surface area contributed by atoms with Gasteiger partial charge in [-0.05, 0) is 38.0 Å². The summed E-state index contributed by atoms with van der Waals surface area (Å²) in [6.07, 6.45) is 12.1. The summed E-state index contributed by atoms with van der Waals surface area (Å²) in [4.78, 5) is 24.2. The molecular weight excluding hydrogens is 360 g/mol. The summed E-state index contributed by atoms with van der Waals surface area (Å²) < 4.78 is 4.63. The number of thiocarbonyl (C=S) groups is 1. The fourth-order valence-corrected chi connectivity index (χ4v) is 4.29. The molecule has 1 rings (SSSR count). The highest BCUT2D eigenvalue weighted by atomic mass is 32.1. The summed E-state index contributed by atoms with van der Waals surface area (Å²) in [6.45, 7) is 4.25. The summed E-state index contributed by atoms with van der Waals surface area (Å²) in [6, 6.07) is 0. The van der Waals surface area contributed by atoms with Crippen LogP contribution in [0.4, 0.5) is 0 Å². The third-order valence-electron chi connectivity index (χ3n) is 5.83. The van der Waals surface area contributed by atoms with Gasteiger partial charge in [0.25, 0.3) is 0 Å². The lowest BCUT2D eigenvalue weighted by atomic mass is 9.73. The van der Waals surface area contributed by atoms with Crippen LogP contribution in [0.15, 0.2) is 12.2 Å². The summed E-state index contributed by atoms with van der Waals surface area (Å²) in [5.74, 6) is 0.187. The van der Waals surface area contributed by atoms with Gasteiger partial charge >= 0.3 is 5.97 Å². The molecule has 0 aromatic heterocycles. The third kappa shape index (κ3) is 7.82. The first-order chi connectivity index (χ1) is 12.8. The molecule has 0 heterocycles. The molecule has 1 saturated carbocycles. The number of hydrogen-bond acceptors (Lipinski definition) is 5. The number of ether oxygens (including phenoxy) is 1. The highest BCUT2D eigenvalue weighted by molar-refractivity contribution is 7.80. The van der Waals surface area contributed by atoms with E-state index in [1.165, 1.54) is 7.11 Å². The monoisotopic (exact) mass is 396 g/mol. The molecule has 0 saturated heterocycles. The number of ketones is 1. The van der Waals surface area contributed by atoms with Gasteiger partial charge in [-0.15, -0.1) is 0 Å². The molecule has 4 nitrogen and oxygen atoms in total. The Hall–Kier alpha value is -1.07. The number of aliphatic hydroxyl groups is 1. The first-order valence-corrected chi connectivity index (χ1v) is 10.7. The van der Waals surface area contributed by atoms with Crippen LogP contribution in [-0.4, -0.2) is 34.9 Å². The van der Waals surface area contributed by atoms with E-state index in [1.54, 1.807) is 0 Å². The topological polar surface area (TPSA) is 63.6 Å². The molecule has 1 fully saturated rings. The second kappa shape index (κ2) is 12.4. The third-order valence-corrected chi connectivity index (χ3v) is 6.47. The van der Waals surface area contributed by atoms with E-state index in [4.69, 9.17) is 12.2 Å². The van der Waals surface area contributed by atoms with E-state index in [-0.39, 0.29) is 17.3 Å². The van der Waals surface area contributed by atoms with Crippen molar-refractivity contribution in [2.75, 3.05) is 7.11 Å². The van der Waals surface area contributed by atoms with Crippen molar-refractivity contribution in [3.05, 3.63) is 12.2 Å². The average molecular weight is 397 g/mol. The Bertz CT molecular complexity index is 528. The zero-order valence-electron chi connectivity index (χ0n) is 17.2. The van der Waals surface area contributed by atoms with Gasteiger partial charge in [0, 0.05) is 36.0 Å². The number of carbonyl (C=O) groups excluding carboxylic acids is 2. The van der Waals surface area contributed by atoms with Gasteiger partial charge in [-0.2, -0.15) is 0 Å². The van der Waals surface area contributed by atoms with Gasteiger partial charge in [-0.25, -0.2) is 0 Å². The zero-order valence-corrected chi connectivity index (χ0v) is 18.0. The average Bonchev–Trinajstić information content (AvgIpc) is 2.85. The van der Waals surface area contributed by atoms with Gasteiger partial charge < -0.3 is 9.84 Å². The largest absolute Gasteiger partial charge is 0.469 e. The van der Waals surface area contributed by atoms with Crippen molar-refractivity contribution in [2.45, 2.75) is 90.6 Å². The smallest absolute Gasteiger partial charge is 0.305 e. The van der Waals surface area contributed by atoms with Crippen molar-refractivity contribution < 1.29 is 19.4 Å². The van der Waals surface area contributed by atoms with Gasteiger partial charge in [0.1, 0.15) is 5.78 Å². The van der Waals surface area contributed by atoms with Gasteiger partial charge in [0.05, 0.1) is 13.2 Å². The van der Waals surface area contributed by atoms with E-state index in [9.17, 15) is 14.7 Å². The summed E-state index contributed by atoms with van der Waals surface area (Å²) >= 11 is 5.58. The lowest BCUT2D eigenvalue weighted by molar-refractivity contribution is -0.140. The van der Waals surface area contributed by atoms with Crippen molar-refractivity contribution in [2.24, 2.45) is 11.3 Å². The summed E-state index contributed by atoms with van der Waals surface area (Å²) in [7, 11) is 1.40. The second-order valence-electron chi connectivity index (χ2n) is 7.89. The Morgan fingerprint density at radius 1 is 1.22 bits per heavy atom. The molecule has 27 heavy (non-hydrogen) atoms. The van der Waals surface area contributed by atoms with Gasteiger partial charge in [-0.1, -0.05) is 51.1 Å². The Morgan fingerprint density at radius 3 is 2.63 bits per heavy atom. The van der Waals surface area contributed by atoms with Crippen molar-refractivity contribution in [3.63, 3.8) is 0 Å². The molecule has 3 atom stereocenters. The number of rotatable bonds is 13. The van der Waals surface area contributed by atoms with Crippen LogP contribution in [0.2, 0.25) is 0 Å². The molecule has 1 N–H and O–H groups in total. The van der Waals surface area contributed by atoms with Crippen LogP contribution in [0.1, 0.15) is 84.5 Å². The number of aliphatic hydroxyl groups excluding tert-OH is 1. The summed E-state index contributed by atoms with van der Waals surface area (Å²) in [5.41, 5.74) is -0.258. The van der Waals surface area contributed by atoms with E-state index in [0.29, 0.717) is 31.5 Å². The molecule has 0 aliphatic heterocycles. The fourth-order valence-electron chi connectivity index (χ4n) is 3.86. The van der Waals surface area contributed by atoms with E-state index >= 15 is 0 Å². The van der Waals surface area contributed by atoms with Crippen molar-refractivity contribution in [3.8, 4) is 0 Å².